The van der Waals surface area contributed by atoms with Crippen molar-refractivity contribution < 1.29 is 0 Å². The van der Waals surface area contributed by atoms with Crippen molar-refractivity contribution in [2.75, 3.05) is 5.73 Å². The largest absolute Gasteiger partial charge is 0.399 e. The zero-order valence-corrected chi connectivity index (χ0v) is 13.6. The second-order valence-corrected chi connectivity index (χ2v) is 7.21. The molecule has 1 aromatic heterocycles. The molecule has 3 rings (SSSR count). The molecule has 0 saturated heterocycles. The molecule has 1 saturated carbocycles. The Kier molecular flexibility index (Phi) is 3.68. The molecular formula is C18H27N3. The van der Waals surface area contributed by atoms with Gasteiger partial charge in [-0.2, -0.15) is 0 Å². The lowest BCUT2D eigenvalue weighted by molar-refractivity contribution is 0.207. The molecule has 1 aromatic carbocycles. The molecule has 1 heterocycles. The van der Waals surface area contributed by atoms with Crippen LogP contribution in [0.2, 0.25) is 0 Å². The van der Waals surface area contributed by atoms with Crippen molar-refractivity contribution >= 4 is 16.7 Å². The van der Waals surface area contributed by atoms with Crippen LogP contribution in [-0.4, -0.2) is 9.55 Å². The van der Waals surface area contributed by atoms with Crippen LogP contribution in [-0.2, 0) is 0 Å². The highest BCUT2D eigenvalue weighted by atomic mass is 15.1. The number of imidazole rings is 1. The van der Waals surface area contributed by atoms with E-state index in [1.807, 2.05) is 12.1 Å². The molecule has 21 heavy (non-hydrogen) atoms. The van der Waals surface area contributed by atoms with E-state index in [2.05, 4.69) is 38.3 Å². The van der Waals surface area contributed by atoms with E-state index in [0.717, 1.165) is 17.1 Å². The third-order valence-corrected chi connectivity index (χ3v) is 4.98. The molecule has 0 amide bonds. The summed E-state index contributed by atoms with van der Waals surface area (Å²) in [7, 11) is 0. The summed E-state index contributed by atoms with van der Waals surface area (Å²) in [6.07, 6.45) is 3.90. The SMILES string of the molecule is CC1CCC(n2c(C(C)C)nc3cc(N)ccc32)C(C)C1. The van der Waals surface area contributed by atoms with Crippen molar-refractivity contribution in [3.63, 3.8) is 0 Å². The average Bonchev–Trinajstić information content (AvgIpc) is 2.77. The predicted molar refractivity (Wildman–Crippen MR) is 89.5 cm³/mol. The molecule has 3 unspecified atom stereocenters. The van der Waals surface area contributed by atoms with Gasteiger partial charge >= 0.3 is 0 Å². The van der Waals surface area contributed by atoms with E-state index in [9.17, 15) is 0 Å². The molecule has 2 N–H and O–H groups in total. The van der Waals surface area contributed by atoms with E-state index in [0.29, 0.717) is 17.9 Å². The van der Waals surface area contributed by atoms with Crippen LogP contribution in [0.5, 0.6) is 0 Å². The minimum Gasteiger partial charge on any atom is -0.399 e. The summed E-state index contributed by atoms with van der Waals surface area (Å²) in [4.78, 5) is 4.88. The van der Waals surface area contributed by atoms with Gasteiger partial charge in [0.15, 0.2) is 0 Å². The Hall–Kier alpha value is -1.51. The summed E-state index contributed by atoms with van der Waals surface area (Å²) in [6, 6.07) is 6.73. The van der Waals surface area contributed by atoms with E-state index in [4.69, 9.17) is 10.7 Å². The van der Waals surface area contributed by atoms with Crippen molar-refractivity contribution in [2.45, 2.75) is 58.9 Å². The second-order valence-electron chi connectivity index (χ2n) is 7.21. The lowest BCUT2D eigenvalue weighted by atomic mass is 9.79. The number of benzene rings is 1. The highest BCUT2D eigenvalue weighted by molar-refractivity contribution is 5.80. The van der Waals surface area contributed by atoms with Crippen molar-refractivity contribution in [3.8, 4) is 0 Å². The minimum absolute atomic E-state index is 0.435. The van der Waals surface area contributed by atoms with Crippen LogP contribution in [0.15, 0.2) is 18.2 Å². The molecule has 1 aliphatic carbocycles. The minimum atomic E-state index is 0.435. The van der Waals surface area contributed by atoms with Crippen LogP contribution < -0.4 is 5.73 Å². The van der Waals surface area contributed by atoms with Crippen molar-refractivity contribution in [1.82, 2.24) is 9.55 Å². The number of fused-ring (bicyclic) bond motifs is 1. The van der Waals surface area contributed by atoms with Gasteiger partial charge in [0.1, 0.15) is 5.82 Å². The summed E-state index contributed by atoms with van der Waals surface area (Å²) in [5.41, 5.74) is 9.03. The maximum absolute atomic E-state index is 5.93. The monoisotopic (exact) mass is 285 g/mol. The number of nitrogen functional groups attached to an aromatic ring is 1. The van der Waals surface area contributed by atoms with Gasteiger partial charge in [-0.25, -0.2) is 4.98 Å². The first-order valence-electron chi connectivity index (χ1n) is 8.24. The van der Waals surface area contributed by atoms with Crippen LogP contribution in [0.1, 0.15) is 64.7 Å². The second kappa shape index (κ2) is 5.36. The zero-order valence-electron chi connectivity index (χ0n) is 13.6. The molecule has 3 nitrogen and oxygen atoms in total. The maximum Gasteiger partial charge on any atom is 0.112 e. The first-order chi connectivity index (χ1) is 9.97. The average molecular weight is 285 g/mol. The van der Waals surface area contributed by atoms with E-state index < -0.39 is 0 Å². The quantitative estimate of drug-likeness (QED) is 0.810. The molecule has 0 radical (unpaired) electrons. The molecule has 3 atom stereocenters. The fraction of sp³-hybridized carbons (Fsp3) is 0.611. The molecule has 1 aliphatic rings. The number of hydrogen-bond acceptors (Lipinski definition) is 2. The molecule has 0 aliphatic heterocycles. The molecule has 2 aromatic rings. The van der Waals surface area contributed by atoms with Crippen LogP contribution in [0.3, 0.4) is 0 Å². The fourth-order valence-electron chi connectivity index (χ4n) is 3.92. The molecule has 114 valence electrons. The summed E-state index contributed by atoms with van der Waals surface area (Å²) in [6.45, 7) is 9.24. The summed E-state index contributed by atoms with van der Waals surface area (Å²) in [5.74, 6) is 3.21. The lowest BCUT2D eigenvalue weighted by Crippen LogP contribution is -2.26. The Morgan fingerprint density at radius 2 is 2.00 bits per heavy atom. The third-order valence-electron chi connectivity index (χ3n) is 4.98. The normalized spacial score (nSPS) is 26.6. The van der Waals surface area contributed by atoms with Gasteiger partial charge in [-0.1, -0.05) is 27.7 Å². The number of nitrogens with zero attached hydrogens (tertiary/aromatic N) is 2. The fourth-order valence-corrected chi connectivity index (χ4v) is 3.92. The third kappa shape index (κ3) is 2.54. The first-order valence-corrected chi connectivity index (χ1v) is 8.24. The number of nitrogens with two attached hydrogens (primary N) is 1. The molecule has 1 fully saturated rings. The van der Waals surface area contributed by atoms with Crippen molar-refractivity contribution in [3.05, 3.63) is 24.0 Å². The van der Waals surface area contributed by atoms with Crippen LogP contribution in [0.4, 0.5) is 5.69 Å². The number of hydrogen-bond donors (Lipinski definition) is 1. The Morgan fingerprint density at radius 1 is 1.24 bits per heavy atom. The topological polar surface area (TPSA) is 43.8 Å². The summed E-state index contributed by atoms with van der Waals surface area (Å²) in [5, 5.41) is 0. The maximum atomic E-state index is 5.93. The van der Waals surface area contributed by atoms with Crippen LogP contribution in [0, 0.1) is 11.8 Å². The summed E-state index contributed by atoms with van der Waals surface area (Å²) >= 11 is 0. The van der Waals surface area contributed by atoms with E-state index in [1.165, 1.54) is 30.6 Å². The van der Waals surface area contributed by atoms with Gasteiger partial charge in [-0.3, -0.25) is 0 Å². The Bertz CT molecular complexity index is 641. The lowest BCUT2D eigenvalue weighted by Gasteiger charge is -2.35. The Labute approximate surface area is 127 Å². The Balaban J connectivity index is 2.13. The summed E-state index contributed by atoms with van der Waals surface area (Å²) < 4.78 is 2.51. The molecule has 3 heteroatoms. The van der Waals surface area contributed by atoms with Gasteiger partial charge in [0, 0.05) is 17.6 Å². The van der Waals surface area contributed by atoms with Crippen LogP contribution >= 0.6 is 0 Å². The number of rotatable bonds is 2. The van der Waals surface area contributed by atoms with Gasteiger partial charge in [-0.15, -0.1) is 0 Å². The highest BCUT2D eigenvalue weighted by Gasteiger charge is 2.30. The van der Waals surface area contributed by atoms with Gasteiger partial charge in [0.2, 0.25) is 0 Å². The number of aromatic nitrogens is 2. The Morgan fingerprint density at radius 3 is 2.67 bits per heavy atom. The number of anilines is 1. The first kappa shape index (κ1) is 14.4. The van der Waals surface area contributed by atoms with Gasteiger partial charge in [0.25, 0.3) is 0 Å². The van der Waals surface area contributed by atoms with Crippen molar-refractivity contribution in [2.24, 2.45) is 11.8 Å². The van der Waals surface area contributed by atoms with Crippen LogP contribution in [0.25, 0.3) is 11.0 Å². The van der Waals surface area contributed by atoms with Gasteiger partial charge < -0.3 is 10.3 Å². The van der Waals surface area contributed by atoms with Gasteiger partial charge in [0.05, 0.1) is 11.0 Å². The highest BCUT2D eigenvalue weighted by Crippen LogP contribution is 2.40. The van der Waals surface area contributed by atoms with E-state index >= 15 is 0 Å². The predicted octanol–water partition coefficient (Wildman–Crippen LogP) is 4.74. The smallest absolute Gasteiger partial charge is 0.112 e. The molecule has 0 spiro atoms. The zero-order chi connectivity index (χ0) is 15.1. The molecule has 0 bridgehead atoms. The van der Waals surface area contributed by atoms with Crippen molar-refractivity contribution in [1.29, 1.82) is 0 Å². The molecular weight excluding hydrogens is 258 g/mol. The standard InChI is InChI=1S/C18H27N3/c1-11(2)18-20-15-10-14(19)6-8-17(15)21(18)16-7-5-12(3)9-13(16)4/h6,8,10-13,16H,5,7,9,19H2,1-4H3. The van der Waals surface area contributed by atoms with E-state index in [1.54, 1.807) is 0 Å². The van der Waals surface area contributed by atoms with E-state index in [-0.39, 0.29) is 0 Å². The van der Waals surface area contributed by atoms with Gasteiger partial charge in [-0.05, 0) is 49.3 Å².